The van der Waals surface area contributed by atoms with Gasteiger partial charge in [-0.05, 0) is 23.3 Å². The maximum atomic E-state index is 11.9. The second-order valence-electron chi connectivity index (χ2n) is 5.20. The Kier molecular flexibility index (Phi) is 6.75. The van der Waals surface area contributed by atoms with Crippen LogP contribution in [0, 0.1) is 0 Å². The van der Waals surface area contributed by atoms with Crippen molar-refractivity contribution >= 4 is 34.8 Å². The number of hydrogen-bond donors (Lipinski definition) is 1. The van der Waals surface area contributed by atoms with Crippen LogP contribution >= 0.6 is 23.2 Å². The summed E-state index contributed by atoms with van der Waals surface area (Å²) in [6, 6.07) is 17.4. The van der Waals surface area contributed by atoms with Gasteiger partial charge in [0.05, 0.1) is 5.92 Å². The molecule has 0 bridgehead atoms. The Labute approximate surface area is 147 Å². The standard InChI is InChI=1S/C18H20Cl2N2O/c19-10-12-22(13-11-20)16-8-6-15(7-9-16)17(18(21)23)14-4-2-1-3-5-14/h1-9,17H,10-13H2,(H2,21,23). The van der Waals surface area contributed by atoms with E-state index in [-0.39, 0.29) is 5.91 Å². The van der Waals surface area contributed by atoms with Gasteiger partial charge in [0.15, 0.2) is 0 Å². The van der Waals surface area contributed by atoms with Crippen LogP contribution in [0.4, 0.5) is 5.69 Å². The third-order valence-electron chi connectivity index (χ3n) is 3.72. The topological polar surface area (TPSA) is 46.3 Å². The highest BCUT2D eigenvalue weighted by atomic mass is 35.5. The number of hydrogen-bond acceptors (Lipinski definition) is 2. The summed E-state index contributed by atoms with van der Waals surface area (Å²) in [5.41, 5.74) is 8.42. The number of halogens is 2. The molecule has 2 aromatic carbocycles. The van der Waals surface area contributed by atoms with E-state index in [1.54, 1.807) is 0 Å². The predicted molar refractivity (Wildman–Crippen MR) is 97.6 cm³/mol. The summed E-state index contributed by atoms with van der Waals surface area (Å²) in [6.07, 6.45) is 0. The number of carbonyl (C=O) groups excluding carboxylic acids is 1. The van der Waals surface area contributed by atoms with E-state index >= 15 is 0 Å². The zero-order valence-corrected chi connectivity index (χ0v) is 14.3. The van der Waals surface area contributed by atoms with E-state index in [9.17, 15) is 4.79 Å². The molecule has 23 heavy (non-hydrogen) atoms. The summed E-state index contributed by atoms with van der Waals surface area (Å²) in [4.78, 5) is 14.0. The fourth-order valence-corrected chi connectivity index (χ4v) is 3.03. The van der Waals surface area contributed by atoms with Gasteiger partial charge in [-0.2, -0.15) is 0 Å². The minimum atomic E-state index is -0.445. The molecule has 0 saturated heterocycles. The molecule has 2 aromatic rings. The number of nitrogens with two attached hydrogens (primary N) is 1. The molecule has 0 heterocycles. The number of rotatable bonds is 8. The fourth-order valence-electron chi connectivity index (χ4n) is 2.62. The van der Waals surface area contributed by atoms with Gasteiger partial charge in [0.1, 0.15) is 0 Å². The summed E-state index contributed by atoms with van der Waals surface area (Å²) in [6.45, 7) is 1.46. The van der Waals surface area contributed by atoms with Gasteiger partial charge < -0.3 is 10.6 Å². The molecule has 1 atom stereocenters. The van der Waals surface area contributed by atoms with E-state index < -0.39 is 5.92 Å². The van der Waals surface area contributed by atoms with Gasteiger partial charge in [-0.25, -0.2) is 0 Å². The molecule has 5 heteroatoms. The summed E-state index contributed by atoms with van der Waals surface area (Å²) in [5, 5.41) is 0. The lowest BCUT2D eigenvalue weighted by atomic mass is 9.90. The minimum Gasteiger partial charge on any atom is -0.369 e. The Morgan fingerprint density at radius 2 is 1.43 bits per heavy atom. The number of alkyl halides is 2. The van der Waals surface area contributed by atoms with Crippen LogP contribution < -0.4 is 10.6 Å². The van der Waals surface area contributed by atoms with E-state index in [2.05, 4.69) is 4.90 Å². The van der Waals surface area contributed by atoms with Crippen molar-refractivity contribution in [2.24, 2.45) is 5.73 Å². The van der Waals surface area contributed by atoms with E-state index in [1.807, 2.05) is 54.6 Å². The third-order valence-corrected chi connectivity index (χ3v) is 4.06. The average molecular weight is 351 g/mol. The molecule has 2 N–H and O–H groups in total. The van der Waals surface area contributed by atoms with Crippen molar-refractivity contribution in [1.29, 1.82) is 0 Å². The zero-order chi connectivity index (χ0) is 16.7. The van der Waals surface area contributed by atoms with Crippen molar-refractivity contribution in [3.05, 3.63) is 65.7 Å². The van der Waals surface area contributed by atoms with Crippen LogP contribution in [0.5, 0.6) is 0 Å². The Morgan fingerprint density at radius 1 is 0.913 bits per heavy atom. The second-order valence-corrected chi connectivity index (χ2v) is 5.96. The number of anilines is 1. The number of nitrogens with zero attached hydrogens (tertiary/aromatic N) is 1. The van der Waals surface area contributed by atoms with Crippen LogP contribution in [0.25, 0.3) is 0 Å². The number of carbonyl (C=O) groups is 1. The molecule has 3 nitrogen and oxygen atoms in total. The van der Waals surface area contributed by atoms with Gasteiger partial charge in [0.25, 0.3) is 0 Å². The van der Waals surface area contributed by atoms with Crippen molar-refractivity contribution in [3.63, 3.8) is 0 Å². The van der Waals surface area contributed by atoms with Gasteiger partial charge in [0.2, 0.25) is 5.91 Å². The van der Waals surface area contributed by atoms with Crippen molar-refractivity contribution in [2.75, 3.05) is 29.7 Å². The van der Waals surface area contributed by atoms with Crippen LogP contribution in [0.2, 0.25) is 0 Å². The molecule has 2 rings (SSSR count). The number of amides is 1. The van der Waals surface area contributed by atoms with E-state index in [1.165, 1.54) is 0 Å². The summed E-state index contributed by atoms with van der Waals surface area (Å²) < 4.78 is 0. The number of benzene rings is 2. The van der Waals surface area contributed by atoms with Gasteiger partial charge >= 0.3 is 0 Å². The van der Waals surface area contributed by atoms with Crippen LogP contribution in [-0.4, -0.2) is 30.8 Å². The molecule has 0 aliphatic rings. The van der Waals surface area contributed by atoms with Crippen molar-refractivity contribution in [2.45, 2.75) is 5.92 Å². The highest BCUT2D eigenvalue weighted by Gasteiger charge is 2.20. The van der Waals surface area contributed by atoms with Gasteiger partial charge in [-0.3, -0.25) is 4.79 Å². The molecule has 1 amide bonds. The van der Waals surface area contributed by atoms with Crippen LogP contribution in [-0.2, 0) is 4.79 Å². The van der Waals surface area contributed by atoms with Crippen molar-refractivity contribution in [1.82, 2.24) is 0 Å². The largest absolute Gasteiger partial charge is 0.369 e. The molecule has 1 unspecified atom stereocenters. The summed E-state index contributed by atoms with van der Waals surface area (Å²) in [5.74, 6) is 0.265. The lowest BCUT2D eigenvalue weighted by Crippen LogP contribution is -2.27. The Balaban J connectivity index is 2.27. The Hall–Kier alpha value is -1.71. The molecule has 0 aromatic heterocycles. The zero-order valence-electron chi connectivity index (χ0n) is 12.8. The minimum absolute atomic E-state index is 0.359. The first-order chi connectivity index (χ1) is 11.2. The molecule has 0 aliphatic heterocycles. The van der Waals surface area contributed by atoms with Gasteiger partial charge in [0, 0.05) is 30.5 Å². The van der Waals surface area contributed by atoms with Gasteiger partial charge in [-0.1, -0.05) is 42.5 Å². The highest BCUT2D eigenvalue weighted by molar-refractivity contribution is 6.18. The molecule has 0 spiro atoms. The quantitative estimate of drug-likeness (QED) is 0.739. The average Bonchev–Trinajstić information content (AvgIpc) is 2.56. The lowest BCUT2D eigenvalue weighted by Gasteiger charge is -2.23. The smallest absolute Gasteiger partial charge is 0.229 e. The van der Waals surface area contributed by atoms with E-state index in [0.29, 0.717) is 11.8 Å². The monoisotopic (exact) mass is 350 g/mol. The van der Waals surface area contributed by atoms with Crippen molar-refractivity contribution < 1.29 is 4.79 Å². The van der Waals surface area contributed by atoms with E-state index in [4.69, 9.17) is 28.9 Å². The SMILES string of the molecule is NC(=O)C(c1ccccc1)c1ccc(N(CCCl)CCCl)cc1. The predicted octanol–water partition coefficient (Wildman–Crippen LogP) is 3.59. The molecule has 0 saturated carbocycles. The highest BCUT2D eigenvalue weighted by Crippen LogP contribution is 2.26. The van der Waals surface area contributed by atoms with Crippen LogP contribution in [0.15, 0.2) is 54.6 Å². The van der Waals surface area contributed by atoms with Crippen molar-refractivity contribution in [3.8, 4) is 0 Å². The first-order valence-corrected chi connectivity index (χ1v) is 8.55. The molecule has 0 radical (unpaired) electrons. The molecular weight excluding hydrogens is 331 g/mol. The maximum Gasteiger partial charge on any atom is 0.229 e. The Bertz CT molecular complexity index is 611. The van der Waals surface area contributed by atoms with Gasteiger partial charge in [-0.15, -0.1) is 23.2 Å². The maximum absolute atomic E-state index is 11.9. The molecule has 0 aliphatic carbocycles. The second kappa shape index (κ2) is 8.80. The summed E-state index contributed by atoms with van der Waals surface area (Å²) in [7, 11) is 0. The fraction of sp³-hybridized carbons (Fsp3) is 0.278. The summed E-state index contributed by atoms with van der Waals surface area (Å²) >= 11 is 11.7. The first kappa shape index (κ1) is 17.6. The molecular formula is C18H20Cl2N2O. The Morgan fingerprint density at radius 3 is 1.91 bits per heavy atom. The third kappa shape index (κ3) is 4.63. The normalized spacial score (nSPS) is 11.9. The number of primary amides is 1. The lowest BCUT2D eigenvalue weighted by molar-refractivity contribution is -0.118. The van der Waals surface area contributed by atoms with Crippen LogP contribution in [0.3, 0.4) is 0 Å². The van der Waals surface area contributed by atoms with E-state index in [0.717, 1.165) is 29.9 Å². The molecule has 122 valence electrons. The molecule has 0 fully saturated rings. The first-order valence-electron chi connectivity index (χ1n) is 7.48. The van der Waals surface area contributed by atoms with Crippen LogP contribution in [0.1, 0.15) is 17.0 Å².